The smallest absolute Gasteiger partial charge is 0.0624 e. The van der Waals surface area contributed by atoms with E-state index < -0.39 is 0 Å². The number of hydrogen-bond donors (Lipinski definition) is 0. The zero-order chi connectivity index (χ0) is 11.4. The Balaban J connectivity index is 2.06. The first-order valence-electron chi connectivity index (χ1n) is 7.05. The fourth-order valence-corrected chi connectivity index (χ4v) is 3.90. The lowest BCUT2D eigenvalue weighted by molar-refractivity contribution is 0.123. The van der Waals surface area contributed by atoms with Gasteiger partial charge in [0, 0.05) is 0 Å². The molecule has 0 amide bonds. The highest BCUT2D eigenvalue weighted by atomic mass is 14.8. The molecule has 0 bridgehead atoms. The maximum absolute atomic E-state index is 4.51. The van der Waals surface area contributed by atoms with Gasteiger partial charge in [-0.2, -0.15) is 0 Å². The Hall–Kier alpha value is -0.550. The molecule has 2 rings (SSSR count). The third-order valence-corrected chi connectivity index (χ3v) is 4.77. The SMILES string of the molecule is C=C=NC1CCCCC1C1CCCCC1C. The van der Waals surface area contributed by atoms with Gasteiger partial charge in [0.05, 0.1) is 6.04 Å². The largest absolute Gasteiger partial charge is 0.240 e. The maximum atomic E-state index is 4.51. The first-order valence-corrected chi connectivity index (χ1v) is 7.05. The highest BCUT2D eigenvalue weighted by Crippen LogP contribution is 2.42. The fourth-order valence-electron chi connectivity index (χ4n) is 3.90. The molecule has 0 saturated heterocycles. The molecule has 90 valence electrons. The Labute approximate surface area is 100 Å². The summed E-state index contributed by atoms with van der Waals surface area (Å²) in [5, 5.41) is 0. The van der Waals surface area contributed by atoms with Crippen molar-refractivity contribution in [3.05, 3.63) is 6.58 Å². The van der Waals surface area contributed by atoms with Crippen LogP contribution in [0.15, 0.2) is 11.6 Å². The Bertz CT molecular complexity index is 265. The van der Waals surface area contributed by atoms with Crippen molar-refractivity contribution in [1.82, 2.24) is 0 Å². The second-order valence-corrected chi connectivity index (χ2v) is 5.73. The average Bonchev–Trinajstić information content (AvgIpc) is 2.31. The first-order chi connectivity index (χ1) is 7.83. The van der Waals surface area contributed by atoms with E-state index in [9.17, 15) is 0 Å². The summed E-state index contributed by atoms with van der Waals surface area (Å²) < 4.78 is 0. The molecule has 2 aliphatic carbocycles. The van der Waals surface area contributed by atoms with Crippen LogP contribution in [0.3, 0.4) is 0 Å². The monoisotopic (exact) mass is 219 g/mol. The van der Waals surface area contributed by atoms with Gasteiger partial charge in [0.15, 0.2) is 0 Å². The molecule has 2 aliphatic rings. The van der Waals surface area contributed by atoms with Crippen LogP contribution in [-0.2, 0) is 0 Å². The lowest BCUT2D eigenvalue weighted by atomic mass is 9.67. The lowest BCUT2D eigenvalue weighted by Gasteiger charge is -2.40. The van der Waals surface area contributed by atoms with E-state index in [1.54, 1.807) is 0 Å². The highest BCUT2D eigenvalue weighted by molar-refractivity contribution is 5.46. The van der Waals surface area contributed by atoms with Crippen LogP contribution in [0.25, 0.3) is 0 Å². The fraction of sp³-hybridized carbons (Fsp3) is 0.867. The van der Waals surface area contributed by atoms with Crippen LogP contribution in [0.4, 0.5) is 0 Å². The van der Waals surface area contributed by atoms with Crippen LogP contribution in [0.1, 0.15) is 58.3 Å². The van der Waals surface area contributed by atoms with Crippen LogP contribution < -0.4 is 0 Å². The summed E-state index contributed by atoms with van der Waals surface area (Å²) >= 11 is 0. The molecule has 2 saturated carbocycles. The average molecular weight is 219 g/mol. The van der Waals surface area contributed by atoms with Gasteiger partial charge in [-0.15, -0.1) is 0 Å². The van der Waals surface area contributed by atoms with Crippen LogP contribution in [0.5, 0.6) is 0 Å². The van der Waals surface area contributed by atoms with Gasteiger partial charge in [-0.1, -0.05) is 39.0 Å². The molecule has 0 aromatic heterocycles. The van der Waals surface area contributed by atoms with Gasteiger partial charge in [-0.25, -0.2) is 4.99 Å². The van der Waals surface area contributed by atoms with E-state index >= 15 is 0 Å². The Morgan fingerprint density at radius 3 is 2.25 bits per heavy atom. The topological polar surface area (TPSA) is 12.4 Å². The summed E-state index contributed by atoms with van der Waals surface area (Å²) in [5.74, 6) is 5.47. The third-order valence-electron chi connectivity index (χ3n) is 4.77. The summed E-state index contributed by atoms with van der Waals surface area (Å²) in [6.45, 7) is 6.11. The zero-order valence-corrected chi connectivity index (χ0v) is 10.6. The standard InChI is InChI=1S/C15H25N/c1-3-16-15-11-7-6-10-14(15)13-9-5-4-8-12(13)2/h12-15H,1,4-11H2,2H3. The molecule has 0 aliphatic heterocycles. The summed E-state index contributed by atoms with van der Waals surface area (Å²) in [6, 6.07) is 0.539. The molecule has 2 fully saturated rings. The lowest BCUT2D eigenvalue weighted by Crippen LogP contribution is -2.34. The summed E-state index contributed by atoms with van der Waals surface area (Å²) in [5.41, 5.74) is 0. The van der Waals surface area contributed by atoms with Crippen molar-refractivity contribution >= 4 is 5.87 Å². The second kappa shape index (κ2) is 5.68. The number of aliphatic imine (C=N–C) groups is 1. The second-order valence-electron chi connectivity index (χ2n) is 5.73. The predicted molar refractivity (Wildman–Crippen MR) is 69.9 cm³/mol. The quantitative estimate of drug-likeness (QED) is 0.616. The predicted octanol–water partition coefficient (Wildman–Crippen LogP) is 4.23. The van der Waals surface area contributed by atoms with E-state index in [0.29, 0.717) is 6.04 Å². The van der Waals surface area contributed by atoms with Gasteiger partial charge in [0.25, 0.3) is 0 Å². The molecule has 0 aromatic rings. The van der Waals surface area contributed by atoms with Gasteiger partial charge in [-0.05, 0) is 49.5 Å². The van der Waals surface area contributed by atoms with E-state index in [-0.39, 0.29) is 0 Å². The molecule has 16 heavy (non-hydrogen) atoms. The minimum absolute atomic E-state index is 0.539. The molecule has 0 N–H and O–H groups in total. The summed E-state index contributed by atoms with van der Waals surface area (Å²) in [4.78, 5) is 4.51. The van der Waals surface area contributed by atoms with Crippen molar-refractivity contribution < 1.29 is 0 Å². The van der Waals surface area contributed by atoms with E-state index in [2.05, 4.69) is 24.4 Å². The Kier molecular flexibility index (Phi) is 4.23. The van der Waals surface area contributed by atoms with Crippen molar-refractivity contribution in [3.63, 3.8) is 0 Å². The number of hydrogen-bond acceptors (Lipinski definition) is 1. The van der Waals surface area contributed by atoms with Gasteiger partial charge < -0.3 is 0 Å². The molecule has 0 heterocycles. The van der Waals surface area contributed by atoms with Crippen LogP contribution in [0.2, 0.25) is 0 Å². The van der Waals surface area contributed by atoms with Crippen molar-refractivity contribution in [3.8, 4) is 0 Å². The van der Waals surface area contributed by atoms with E-state index in [1.165, 1.54) is 51.4 Å². The van der Waals surface area contributed by atoms with Crippen molar-refractivity contribution in [1.29, 1.82) is 0 Å². The normalized spacial score (nSPS) is 40.1. The Morgan fingerprint density at radius 2 is 1.56 bits per heavy atom. The van der Waals surface area contributed by atoms with E-state index in [0.717, 1.165) is 17.8 Å². The van der Waals surface area contributed by atoms with Crippen LogP contribution >= 0.6 is 0 Å². The van der Waals surface area contributed by atoms with E-state index in [4.69, 9.17) is 0 Å². The molecule has 4 unspecified atom stereocenters. The van der Waals surface area contributed by atoms with Crippen molar-refractivity contribution in [2.75, 3.05) is 0 Å². The molecular formula is C15H25N. The van der Waals surface area contributed by atoms with Crippen molar-refractivity contribution in [2.24, 2.45) is 22.7 Å². The van der Waals surface area contributed by atoms with E-state index in [1.807, 2.05) is 0 Å². The molecule has 4 atom stereocenters. The highest BCUT2D eigenvalue weighted by Gasteiger charge is 2.35. The summed E-state index contributed by atoms with van der Waals surface area (Å²) in [7, 11) is 0. The van der Waals surface area contributed by atoms with Gasteiger partial charge >= 0.3 is 0 Å². The van der Waals surface area contributed by atoms with Gasteiger partial charge in [0.1, 0.15) is 0 Å². The minimum Gasteiger partial charge on any atom is -0.240 e. The van der Waals surface area contributed by atoms with Crippen LogP contribution in [-0.4, -0.2) is 11.9 Å². The zero-order valence-electron chi connectivity index (χ0n) is 10.6. The number of nitrogens with zero attached hydrogens (tertiary/aromatic N) is 1. The molecule has 0 aromatic carbocycles. The van der Waals surface area contributed by atoms with Crippen LogP contribution in [0, 0.1) is 17.8 Å². The molecule has 1 nitrogen and oxygen atoms in total. The Morgan fingerprint density at radius 1 is 0.938 bits per heavy atom. The first kappa shape index (κ1) is 11.9. The molecule has 1 heteroatoms. The van der Waals surface area contributed by atoms with Gasteiger partial charge in [-0.3, -0.25) is 0 Å². The number of rotatable bonds is 2. The molecular weight excluding hydrogens is 194 g/mol. The molecule has 0 spiro atoms. The minimum atomic E-state index is 0.539. The third kappa shape index (κ3) is 2.58. The molecule has 0 radical (unpaired) electrons. The van der Waals surface area contributed by atoms with Crippen molar-refractivity contribution in [2.45, 2.75) is 64.3 Å². The van der Waals surface area contributed by atoms with Gasteiger partial charge in [0.2, 0.25) is 0 Å². The maximum Gasteiger partial charge on any atom is 0.0624 e. The summed E-state index contributed by atoms with van der Waals surface area (Å²) in [6.07, 6.45) is 11.2.